The van der Waals surface area contributed by atoms with Crippen LogP contribution in [0.3, 0.4) is 0 Å². The second-order valence-electron chi connectivity index (χ2n) is 4.68. The first-order valence-electron chi connectivity index (χ1n) is 6.16. The normalized spacial score (nSPS) is 16.3. The van der Waals surface area contributed by atoms with Gasteiger partial charge in [-0.05, 0) is 13.3 Å². The van der Waals surface area contributed by atoms with Gasteiger partial charge in [-0.25, -0.2) is 0 Å². The minimum Gasteiger partial charge on any atom is -0.388 e. The molecule has 0 radical (unpaired) electrons. The van der Waals surface area contributed by atoms with E-state index in [4.69, 9.17) is 10.5 Å². The Kier molecular flexibility index (Phi) is 8.12. The molecule has 4 N–H and O–H groups in total. The zero-order valence-corrected chi connectivity index (χ0v) is 11.2. The monoisotopic (exact) mass is 246 g/mol. The van der Waals surface area contributed by atoms with Crippen molar-refractivity contribution in [3.05, 3.63) is 0 Å². The van der Waals surface area contributed by atoms with E-state index in [0.29, 0.717) is 19.6 Å². The molecule has 2 unspecified atom stereocenters. The molecule has 0 fully saturated rings. The van der Waals surface area contributed by atoms with E-state index in [-0.39, 0.29) is 18.4 Å². The topological polar surface area (TPSA) is 84.6 Å². The molecular formula is C12H26N2O3. The lowest BCUT2D eigenvalue weighted by atomic mass is 10.0. The van der Waals surface area contributed by atoms with Gasteiger partial charge in [-0.1, -0.05) is 13.3 Å². The van der Waals surface area contributed by atoms with Crippen LogP contribution in [0.1, 0.15) is 33.1 Å². The first-order valence-corrected chi connectivity index (χ1v) is 6.16. The van der Waals surface area contributed by atoms with Crippen LogP contribution in [0.25, 0.3) is 0 Å². The van der Waals surface area contributed by atoms with Crippen LogP contribution in [0.15, 0.2) is 0 Å². The number of hydrogen-bond acceptors (Lipinski definition) is 4. The number of ether oxygens (including phenoxy) is 1. The third-order valence-electron chi connectivity index (χ3n) is 2.78. The smallest absolute Gasteiger partial charge is 0.224 e. The Morgan fingerprint density at radius 2 is 2.24 bits per heavy atom. The lowest BCUT2D eigenvalue weighted by molar-refractivity contribution is -0.126. The van der Waals surface area contributed by atoms with Gasteiger partial charge in [-0.2, -0.15) is 0 Å². The van der Waals surface area contributed by atoms with E-state index in [0.717, 1.165) is 12.8 Å². The Bertz CT molecular complexity index is 220. The Hall–Kier alpha value is -0.650. The third-order valence-corrected chi connectivity index (χ3v) is 2.78. The highest BCUT2D eigenvalue weighted by Crippen LogP contribution is 2.09. The number of methoxy groups -OCH3 is 1. The Morgan fingerprint density at radius 1 is 1.59 bits per heavy atom. The first-order chi connectivity index (χ1) is 7.96. The summed E-state index contributed by atoms with van der Waals surface area (Å²) in [6, 6.07) is 0. The Morgan fingerprint density at radius 3 is 2.71 bits per heavy atom. The van der Waals surface area contributed by atoms with Gasteiger partial charge in [0.2, 0.25) is 5.91 Å². The Labute approximate surface area is 104 Å². The molecule has 0 saturated heterocycles. The summed E-state index contributed by atoms with van der Waals surface area (Å²) >= 11 is 0. The summed E-state index contributed by atoms with van der Waals surface area (Å²) < 4.78 is 4.90. The molecule has 0 heterocycles. The molecule has 0 aromatic carbocycles. The van der Waals surface area contributed by atoms with Gasteiger partial charge in [0, 0.05) is 33.2 Å². The molecule has 5 heteroatoms. The van der Waals surface area contributed by atoms with E-state index in [1.54, 1.807) is 14.0 Å². The van der Waals surface area contributed by atoms with Gasteiger partial charge in [0.05, 0.1) is 11.5 Å². The fourth-order valence-electron chi connectivity index (χ4n) is 1.54. The minimum absolute atomic E-state index is 0.0768. The van der Waals surface area contributed by atoms with E-state index in [1.165, 1.54) is 0 Å². The number of hydrogen-bond donors (Lipinski definition) is 3. The average Bonchev–Trinajstić information content (AvgIpc) is 2.30. The number of aliphatic hydroxyl groups is 1. The average molecular weight is 246 g/mol. The zero-order valence-electron chi connectivity index (χ0n) is 11.2. The molecule has 0 aromatic heterocycles. The van der Waals surface area contributed by atoms with Crippen LogP contribution in [0, 0.1) is 5.92 Å². The number of carbonyl (C=O) groups is 1. The highest BCUT2D eigenvalue weighted by atomic mass is 16.5. The number of nitrogens with one attached hydrogen (secondary N) is 1. The number of amides is 1. The summed E-state index contributed by atoms with van der Waals surface area (Å²) in [5.74, 6) is -0.231. The molecule has 0 aliphatic heterocycles. The van der Waals surface area contributed by atoms with Gasteiger partial charge in [0.15, 0.2) is 0 Å². The molecule has 0 aliphatic carbocycles. The van der Waals surface area contributed by atoms with Crippen LogP contribution in [0.4, 0.5) is 0 Å². The molecule has 102 valence electrons. The number of carbonyl (C=O) groups excluding carboxylic acids is 1. The van der Waals surface area contributed by atoms with Crippen LogP contribution >= 0.6 is 0 Å². The summed E-state index contributed by atoms with van der Waals surface area (Å²) in [4.78, 5) is 11.8. The maximum absolute atomic E-state index is 11.8. The predicted octanol–water partition coefficient (Wildman–Crippen LogP) is 0.265. The van der Waals surface area contributed by atoms with Crippen molar-refractivity contribution < 1.29 is 14.6 Å². The first kappa shape index (κ1) is 16.4. The quantitative estimate of drug-likeness (QED) is 0.545. The van der Waals surface area contributed by atoms with Gasteiger partial charge in [0.1, 0.15) is 0 Å². The van der Waals surface area contributed by atoms with E-state index in [2.05, 4.69) is 5.32 Å². The van der Waals surface area contributed by atoms with Crippen molar-refractivity contribution in [2.75, 3.05) is 26.8 Å². The van der Waals surface area contributed by atoms with Crippen molar-refractivity contribution in [3.63, 3.8) is 0 Å². The maximum atomic E-state index is 11.8. The van der Waals surface area contributed by atoms with Gasteiger partial charge in [0.25, 0.3) is 0 Å². The van der Waals surface area contributed by atoms with E-state index < -0.39 is 5.60 Å². The molecule has 1 amide bonds. The highest BCUT2D eigenvalue weighted by Gasteiger charge is 2.23. The molecule has 17 heavy (non-hydrogen) atoms. The summed E-state index contributed by atoms with van der Waals surface area (Å²) in [5.41, 5.74) is 4.60. The highest BCUT2D eigenvalue weighted by molar-refractivity contribution is 5.78. The Balaban J connectivity index is 4.03. The number of rotatable bonds is 9. The molecule has 0 aliphatic rings. The maximum Gasteiger partial charge on any atom is 0.224 e. The van der Waals surface area contributed by atoms with Gasteiger partial charge in [-0.3, -0.25) is 4.79 Å². The zero-order chi connectivity index (χ0) is 13.3. The summed E-state index contributed by atoms with van der Waals surface area (Å²) in [6.07, 6.45) is 2.20. The molecule has 0 rings (SSSR count). The van der Waals surface area contributed by atoms with Crippen LogP contribution in [0.5, 0.6) is 0 Å². The van der Waals surface area contributed by atoms with Gasteiger partial charge >= 0.3 is 0 Å². The second kappa shape index (κ2) is 8.44. The van der Waals surface area contributed by atoms with Gasteiger partial charge in [-0.15, -0.1) is 0 Å². The molecule has 2 atom stereocenters. The van der Waals surface area contributed by atoms with Crippen molar-refractivity contribution >= 4 is 5.91 Å². The predicted molar refractivity (Wildman–Crippen MR) is 67.6 cm³/mol. The van der Waals surface area contributed by atoms with Crippen molar-refractivity contribution in [1.29, 1.82) is 0 Å². The molecule has 0 aromatic rings. The molecular weight excluding hydrogens is 220 g/mol. The van der Waals surface area contributed by atoms with Gasteiger partial charge < -0.3 is 20.9 Å². The van der Waals surface area contributed by atoms with Crippen LogP contribution in [0.2, 0.25) is 0 Å². The van der Waals surface area contributed by atoms with Crippen LogP contribution in [-0.4, -0.2) is 43.4 Å². The fraction of sp³-hybridized carbons (Fsp3) is 0.917. The summed E-state index contributed by atoms with van der Waals surface area (Å²) in [6.45, 7) is 4.75. The van der Waals surface area contributed by atoms with Crippen LogP contribution in [-0.2, 0) is 9.53 Å². The van der Waals surface area contributed by atoms with Crippen molar-refractivity contribution in [2.24, 2.45) is 11.7 Å². The van der Waals surface area contributed by atoms with Crippen LogP contribution < -0.4 is 11.1 Å². The SMILES string of the molecule is CCCC(CN)C(=O)NCC(C)(O)CCOC. The lowest BCUT2D eigenvalue weighted by Crippen LogP contribution is -2.44. The second-order valence-corrected chi connectivity index (χ2v) is 4.68. The molecule has 5 nitrogen and oxygen atoms in total. The van der Waals surface area contributed by atoms with E-state index in [9.17, 15) is 9.90 Å². The molecule has 0 saturated carbocycles. The van der Waals surface area contributed by atoms with Crippen molar-refractivity contribution in [3.8, 4) is 0 Å². The van der Waals surface area contributed by atoms with Crippen molar-refractivity contribution in [2.45, 2.75) is 38.7 Å². The third kappa shape index (κ3) is 7.31. The molecule has 0 spiro atoms. The minimum atomic E-state index is -0.933. The van der Waals surface area contributed by atoms with E-state index >= 15 is 0 Å². The summed E-state index contributed by atoms with van der Waals surface area (Å²) in [7, 11) is 1.58. The molecule has 0 bridgehead atoms. The van der Waals surface area contributed by atoms with Crippen molar-refractivity contribution in [1.82, 2.24) is 5.32 Å². The van der Waals surface area contributed by atoms with E-state index in [1.807, 2.05) is 6.92 Å². The standard InChI is InChI=1S/C12H26N2O3/c1-4-5-10(8-13)11(15)14-9-12(2,16)6-7-17-3/h10,16H,4-9,13H2,1-3H3,(H,14,15). The number of nitrogens with two attached hydrogens (primary N) is 1. The fourth-order valence-corrected chi connectivity index (χ4v) is 1.54. The largest absolute Gasteiger partial charge is 0.388 e. The summed E-state index contributed by atoms with van der Waals surface area (Å²) in [5, 5.41) is 12.7. The lowest BCUT2D eigenvalue weighted by Gasteiger charge is -2.24.